The van der Waals surface area contributed by atoms with Crippen molar-refractivity contribution in [2.24, 2.45) is 0 Å². The van der Waals surface area contributed by atoms with Gasteiger partial charge in [-0.3, -0.25) is 0 Å². The number of benzene rings is 1. The van der Waals surface area contributed by atoms with E-state index in [0.29, 0.717) is 5.56 Å². The van der Waals surface area contributed by atoms with Crippen LogP contribution < -0.4 is 10.5 Å². The molecule has 0 fully saturated rings. The lowest BCUT2D eigenvalue weighted by Gasteiger charge is -2.09. The van der Waals surface area contributed by atoms with Crippen molar-refractivity contribution in [2.45, 2.75) is 13.3 Å². The van der Waals surface area contributed by atoms with Crippen molar-refractivity contribution in [1.29, 1.82) is 0 Å². The number of carboxylic acids is 1. The molecule has 104 valence electrons. The highest BCUT2D eigenvalue weighted by atomic mass is 16.5. The summed E-state index contributed by atoms with van der Waals surface area (Å²) in [7, 11) is 1.33. The molecule has 1 aromatic heterocycles. The quantitative estimate of drug-likeness (QED) is 0.884. The third-order valence-electron chi connectivity index (χ3n) is 2.92. The number of carboxylic acid groups (broad SMARTS) is 1. The number of aryl methyl sites for hydroxylation is 1. The lowest BCUT2D eigenvalue weighted by atomic mass is 10.1. The predicted octanol–water partition coefficient (Wildman–Crippen LogP) is 1.99. The second-order valence-electron chi connectivity index (χ2n) is 4.17. The van der Waals surface area contributed by atoms with Gasteiger partial charge in [0.05, 0.1) is 7.11 Å². The molecule has 20 heavy (non-hydrogen) atoms. The molecule has 3 N–H and O–H groups in total. The highest BCUT2D eigenvalue weighted by molar-refractivity contribution is 5.91. The Bertz CT molecular complexity index is 639. The smallest absolute Gasteiger partial charge is 0.358 e. The molecule has 0 aliphatic rings. The van der Waals surface area contributed by atoms with Crippen molar-refractivity contribution in [3.05, 3.63) is 35.5 Å². The molecule has 0 amide bonds. The van der Waals surface area contributed by atoms with Crippen LogP contribution in [0.1, 0.15) is 23.0 Å². The zero-order valence-corrected chi connectivity index (χ0v) is 11.3. The van der Waals surface area contributed by atoms with Crippen molar-refractivity contribution in [3.63, 3.8) is 0 Å². The summed E-state index contributed by atoms with van der Waals surface area (Å²) < 4.78 is 4.93. The average molecular weight is 273 g/mol. The Kier molecular flexibility index (Phi) is 3.84. The number of carbonyl (C=O) groups is 1. The Morgan fingerprint density at radius 3 is 2.45 bits per heavy atom. The molecule has 6 nitrogen and oxygen atoms in total. The molecule has 0 unspecified atom stereocenters. The fourth-order valence-electron chi connectivity index (χ4n) is 1.83. The molecular weight excluding hydrogens is 258 g/mol. The minimum absolute atomic E-state index is 0.00877. The number of methoxy groups -OCH3 is 1. The van der Waals surface area contributed by atoms with Gasteiger partial charge in [-0.2, -0.15) is 0 Å². The van der Waals surface area contributed by atoms with E-state index >= 15 is 0 Å². The third kappa shape index (κ3) is 2.54. The van der Waals surface area contributed by atoms with E-state index in [1.807, 2.05) is 24.3 Å². The summed E-state index contributed by atoms with van der Waals surface area (Å²) in [6, 6.07) is 7.57. The van der Waals surface area contributed by atoms with Crippen LogP contribution in [0.25, 0.3) is 11.4 Å². The van der Waals surface area contributed by atoms with Gasteiger partial charge in [-0.1, -0.05) is 31.2 Å². The number of nitrogen functional groups attached to an aromatic ring is 1. The molecule has 0 bridgehead atoms. The maximum Gasteiger partial charge on any atom is 0.358 e. The minimum Gasteiger partial charge on any atom is -0.491 e. The van der Waals surface area contributed by atoms with Crippen molar-refractivity contribution in [1.82, 2.24) is 9.97 Å². The van der Waals surface area contributed by atoms with Gasteiger partial charge >= 0.3 is 5.97 Å². The SMILES string of the molecule is CCc1ccc(-c2nc(N)c(OC)c(C(=O)O)n2)cc1. The summed E-state index contributed by atoms with van der Waals surface area (Å²) in [4.78, 5) is 19.3. The molecule has 2 aromatic rings. The molecule has 0 aliphatic heterocycles. The van der Waals surface area contributed by atoms with Crippen molar-refractivity contribution in [2.75, 3.05) is 12.8 Å². The predicted molar refractivity (Wildman–Crippen MR) is 74.8 cm³/mol. The Morgan fingerprint density at radius 2 is 1.95 bits per heavy atom. The van der Waals surface area contributed by atoms with Gasteiger partial charge in [-0.15, -0.1) is 0 Å². The van der Waals surface area contributed by atoms with Crippen LogP contribution in [-0.2, 0) is 6.42 Å². The number of anilines is 1. The molecule has 0 atom stereocenters. The topological polar surface area (TPSA) is 98.3 Å². The van der Waals surface area contributed by atoms with E-state index in [2.05, 4.69) is 16.9 Å². The first-order valence-corrected chi connectivity index (χ1v) is 6.11. The second-order valence-corrected chi connectivity index (χ2v) is 4.17. The lowest BCUT2D eigenvalue weighted by molar-refractivity contribution is 0.0686. The molecule has 0 radical (unpaired) electrons. The Labute approximate surface area is 116 Å². The Hall–Kier alpha value is -2.63. The van der Waals surface area contributed by atoms with Crippen LogP contribution in [0.3, 0.4) is 0 Å². The molecular formula is C14H15N3O3. The molecule has 0 saturated carbocycles. The van der Waals surface area contributed by atoms with Gasteiger partial charge in [0.2, 0.25) is 0 Å². The summed E-state index contributed by atoms with van der Waals surface area (Å²) in [5.74, 6) is -0.952. The normalized spacial score (nSPS) is 10.3. The highest BCUT2D eigenvalue weighted by Gasteiger charge is 2.19. The first-order chi connectivity index (χ1) is 9.56. The summed E-state index contributed by atoms with van der Waals surface area (Å²) in [6.45, 7) is 2.05. The number of ether oxygens (including phenoxy) is 1. The van der Waals surface area contributed by atoms with Crippen LogP contribution in [0.15, 0.2) is 24.3 Å². The van der Waals surface area contributed by atoms with E-state index in [9.17, 15) is 4.79 Å². The molecule has 0 saturated heterocycles. The van der Waals surface area contributed by atoms with Crippen LogP contribution in [-0.4, -0.2) is 28.2 Å². The average Bonchev–Trinajstić information content (AvgIpc) is 2.46. The summed E-state index contributed by atoms with van der Waals surface area (Å²) in [6.07, 6.45) is 0.923. The zero-order valence-electron chi connectivity index (χ0n) is 11.3. The molecule has 1 heterocycles. The van der Waals surface area contributed by atoms with E-state index in [4.69, 9.17) is 15.6 Å². The minimum atomic E-state index is -1.21. The monoisotopic (exact) mass is 273 g/mol. The van der Waals surface area contributed by atoms with Gasteiger partial charge in [0, 0.05) is 5.56 Å². The highest BCUT2D eigenvalue weighted by Crippen LogP contribution is 2.27. The zero-order chi connectivity index (χ0) is 14.7. The molecule has 6 heteroatoms. The number of hydrogen-bond acceptors (Lipinski definition) is 5. The van der Waals surface area contributed by atoms with Gasteiger partial charge in [0.15, 0.2) is 23.1 Å². The van der Waals surface area contributed by atoms with Crippen LogP contribution in [0.2, 0.25) is 0 Å². The molecule has 1 aromatic carbocycles. The van der Waals surface area contributed by atoms with E-state index in [1.165, 1.54) is 12.7 Å². The number of rotatable bonds is 4. The van der Waals surface area contributed by atoms with Crippen LogP contribution >= 0.6 is 0 Å². The van der Waals surface area contributed by atoms with Crippen molar-refractivity contribution >= 4 is 11.8 Å². The Morgan fingerprint density at radius 1 is 1.30 bits per heavy atom. The van der Waals surface area contributed by atoms with E-state index in [0.717, 1.165) is 6.42 Å². The van der Waals surface area contributed by atoms with Crippen LogP contribution in [0.4, 0.5) is 5.82 Å². The summed E-state index contributed by atoms with van der Waals surface area (Å²) in [5, 5.41) is 9.15. The van der Waals surface area contributed by atoms with Gasteiger partial charge in [-0.05, 0) is 12.0 Å². The molecule has 0 aliphatic carbocycles. The van der Waals surface area contributed by atoms with E-state index in [1.54, 1.807) is 0 Å². The second kappa shape index (κ2) is 5.56. The van der Waals surface area contributed by atoms with Crippen molar-refractivity contribution < 1.29 is 14.6 Å². The summed E-state index contributed by atoms with van der Waals surface area (Å²) >= 11 is 0. The number of nitrogens with zero attached hydrogens (tertiary/aromatic N) is 2. The number of hydrogen-bond donors (Lipinski definition) is 2. The number of aromatic carboxylic acids is 1. The van der Waals surface area contributed by atoms with Crippen LogP contribution in [0.5, 0.6) is 5.75 Å². The third-order valence-corrected chi connectivity index (χ3v) is 2.92. The largest absolute Gasteiger partial charge is 0.491 e. The number of nitrogens with two attached hydrogens (primary N) is 1. The van der Waals surface area contributed by atoms with Gasteiger partial charge < -0.3 is 15.6 Å². The summed E-state index contributed by atoms with van der Waals surface area (Å²) in [5.41, 5.74) is 7.37. The number of aromatic nitrogens is 2. The Balaban J connectivity index is 2.54. The fourth-order valence-corrected chi connectivity index (χ4v) is 1.83. The lowest BCUT2D eigenvalue weighted by Crippen LogP contribution is -2.09. The molecule has 0 spiro atoms. The van der Waals surface area contributed by atoms with E-state index < -0.39 is 5.97 Å². The standard InChI is InChI=1S/C14H15N3O3/c1-3-8-4-6-9(7-5-8)13-16-10(14(18)19)11(20-2)12(15)17-13/h4-7H,3H2,1-2H3,(H,18,19)(H2,15,16,17). The first kappa shape index (κ1) is 13.8. The van der Waals surface area contributed by atoms with Crippen molar-refractivity contribution in [3.8, 4) is 17.1 Å². The molecule has 2 rings (SSSR count). The first-order valence-electron chi connectivity index (χ1n) is 6.11. The maximum absolute atomic E-state index is 11.2. The van der Waals surface area contributed by atoms with Crippen LogP contribution in [0, 0.1) is 0 Å². The van der Waals surface area contributed by atoms with E-state index in [-0.39, 0.29) is 23.1 Å². The fraction of sp³-hybridized carbons (Fsp3) is 0.214. The van der Waals surface area contributed by atoms with Gasteiger partial charge in [-0.25, -0.2) is 14.8 Å². The maximum atomic E-state index is 11.2. The van der Waals surface area contributed by atoms with Gasteiger partial charge in [0.1, 0.15) is 0 Å². The van der Waals surface area contributed by atoms with Gasteiger partial charge in [0.25, 0.3) is 0 Å².